The van der Waals surface area contributed by atoms with Crippen LogP contribution in [-0.4, -0.2) is 37.3 Å². The summed E-state index contributed by atoms with van der Waals surface area (Å²) in [5.41, 5.74) is 1.71. The first kappa shape index (κ1) is 13.2. The molecule has 0 unspecified atom stereocenters. The van der Waals surface area contributed by atoms with Gasteiger partial charge in [0.15, 0.2) is 0 Å². The molecule has 1 amide bonds. The summed E-state index contributed by atoms with van der Waals surface area (Å²) in [6, 6.07) is 3.31. The van der Waals surface area contributed by atoms with Gasteiger partial charge in [-0.2, -0.15) is 11.8 Å². The van der Waals surface area contributed by atoms with E-state index >= 15 is 0 Å². The summed E-state index contributed by atoms with van der Waals surface area (Å²) in [5, 5.41) is 3.03. The maximum atomic E-state index is 11.5. The standard InChI is InChI=1S/C12H13ClN2O2S/c1-15(3-4-18-2)10-6-9-7(5-8(10)13)11(16)12(17)14-9/h5-6H,3-4H2,1-2H3,(H,14,16,17). The van der Waals surface area contributed by atoms with E-state index in [1.54, 1.807) is 23.9 Å². The Bertz CT molecular complexity index is 519. The molecule has 2 rings (SSSR count). The van der Waals surface area contributed by atoms with Crippen LogP contribution in [0.3, 0.4) is 0 Å². The lowest BCUT2D eigenvalue weighted by molar-refractivity contribution is -0.112. The number of nitrogens with zero attached hydrogens (tertiary/aromatic N) is 1. The van der Waals surface area contributed by atoms with Crippen molar-refractivity contribution in [1.29, 1.82) is 0 Å². The molecular formula is C12H13ClN2O2S. The van der Waals surface area contributed by atoms with Gasteiger partial charge in [-0.3, -0.25) is 9.59 Å². The fourth-order valence-corrected chi connectivity index (χ4v) is 2.56. The Hall–Kier alpha value is -1.20. The molecule has 1 aliphatic rings. The lowest BCUT2D eigenvalue weighted by Gasteiger charge is -2.20. The first-order valence-corrected chi connectivity index (χ1v) is 7.21. The average Bonchev–Trinajstić information content (AvgIpc) is 2.62. The first-order valence-electron chi connectivity index (χ1n) is 5.44. The van der Waals surface area contributed by atoms with Crippen LogP contribution in [0.5, 0.6) is 0 Å². The fraction of sp³-hybridized carbons (Fsp3) is 0.333. The van der Waals surface area contributed by atoms with Gasteiger partial charge in [0, 0.05) is 19.3 Å². The Balaban J connectivity index is 2.32. The van der Waals surface area contributed by atoms with E-state index in [-0.39, 0.29) is 0 Å². The second-order valence-corrected chi connectivity index (χ2v) is 5.44. The number of halogens is 1. The Morgan fingerprint density at radius 2 is 2.11 bits per heavy atom. The number of hydrogen-bond acceptors (Lipinski definition) is 4. The van der Waals surface area contributed by atoms with Crippen LogP contribution < -0.4 is 10.2 Å². The molecule has 6 heteroatoms. The predicted molar refractivity (Wildman–Crippen MR) is 76.1 cm³/mol. The normalized spacial score (nSPS) is 13.5. The van der Waals surface area contributed by atoms with Crippen LogP contribution in [-0.2, 0) is 4.79 Å². The van der Waals surface area contributed by atoms with Crippen LogP contribution in [0.2, 0.25) is 5.02 Å². The van der Waals surface area contributed by atoms with Crippen LogP contribution in [0, 0.1) is 0 Å². The fourth-order valence-electron chi connectivity index (χ4n) is 1.80. The van der Waals surface area contributed by atoms with E-state index in [0.717, 1.165) is 18.0 Å². The van der Waals surface area contributed by atoms with E-state index in [9.17, 15) is 9.59 Å². The molecule has 18 heavy (non-hydrogen) atoms. The lowest BCUT2D eigenvalue weighted by Crippen LogP contribution is -2.20. The SMILES string of the molecule is CSCCN(C)c1cc2c(cc1Cl)C(=O)C(=O)N2. The number of thioether (sulfide) groups is 1. The van der Waals surface area contributed by atoms with Crippen molar-refractivity contribution in [3.63, 3.8) is 0 Å². The van der Waals surface area contributed by atoms with Crippen molar-refractivity contribution >= 4 is 46.4 Å². The van der Waals surface area contributed by atoms with Crippen molar-refractivity contribution < 1.29 is 9.59 Å². The molecule has 1 N–H and O–H groups in total. The van der Waals surface area contributed by atoms with Crippen molar-refractivity contribution in [2.75, 3.05) is 35.8 Å². The summed E-state index contributed by atoms with van der Waals surface area (Å²) >= 11 is 7.90. The highest BCUT2D eigenvalue weighted by Gasteiger charge is 2.29. The van der Waals surface area contributed by atoms with Crippen molar-refractivity contribution in [3.8, 4) is 0 Å². The number of carbonyl (C=O) groups is 2. The van der Waals surface area contributed by atoms with Gasteiger partial charge >= 0.3 is 0 Å². The molecule has 96 valence electrons. The minimum Gasteiger partial charge on any atom is -0.373 e. The molecule has 0 aliphatic carbocycles. The minimum atomic E-state index is -0.593. The second-order valence-electron chi connectivity index (χ2n) is 4.05. The highest BCUT2D eigenvalue weighted by atomic mass is 35.5. The van der Waals surface area contributed by atoms with Gasteiger partial charge in [0.2, 0.25) is 0 Å². The Labute approximate surface area is 115 Å². The molecule has 1 aliphatic heterocycles. The van der Waals surface area contributed by atoms with E-state index in [4.69, 9.17) is 11.6 Å². The third-order valence-electron chi connectivity index (χ3n) is 2.83. The number of Topliss-reactive ketones (excluding diaryl/α,β-unsaturated/α-hetero) is 1. The summed E-state index contributed by atoms with van der Waals surface area (Å²) in [4.78, 5) is 24.8. The quantitative estimate of drug-likeness (QED) is 0.862. The number of ketones is 1. The highest BCUT2D eigenvalue weighted by molar-refractivity contribution is 7.98. The molecule has 0 aromatic heterocycles. The Morgan fingerprint density at radius 3 is 2.78 bits per heavy atom. The molecule has 4 nitrogen and oxygen atoms in total. The van der Waals surface area contributed by atoms with Gasteiger partial charge in [0.05, 0.1) is 22.0 Å². The summed E-state index contributed by atoms with van der Waals surface area (Å²) in [7, 11) is 1.93. The van der Waals surface area contributed by atoms with E-state index in [2.05, 4.69) is 5.32 Å². The molecule has 0 saturated carbocycles. The van der Waals surface area contributed by atoms with Gasteiger partial charge < -0.3 is 10.2 Å². The van der Waals surface area contributed by atoms with Gasteiger partial charge in [0.25, 0.3) is 11.7 Å². The molecule has 0 saturated heterocycles. The zero-order chi connectivity index (χ0) is 13.3. The summed E-state index contributed by atoms with van der Waals surface area (Å²) < 4.78 is 0. The first-order chi connectivity index (χ1) is 8.54. The third-order valence-corrected chi connectivity index (χ3v) is 3.72. The van der Waals surface area contributed by atoms with Crippen LogP contribution in [0.4, 0.5) is 11.4 Å². The molecule has 1 aromatic rings. The van der Waals surface area contributed by atoms with Crippen molar-refractivity contribution in [2.24, 2.45) is 0 Å². The number of carbonyl (C=O) groups excluding carboxylic acids is 2. The number of benzene rings is 1. The monoisotopic (exact) mass is 284 g/mol. The van der Waals surface area contributed by atoms with Crippen LogP contribution in [0.25, 0.3) is 0 Å². The Kier molecular flexibility index (Phi) is 3.82. The number of hydrogen-bond donors (Lipinski definition) is 1. The molecule has 0 atom stereocenters. The molecule has 1 aromatic carbocycles. The molecule has 0 radical (unpaired) electrons. The van der Waals surface area contributed by atoms with Gasteiger partial charge in [-0.05, 0) is 18.4 Å². The molecule has 0 spiro atoms. The lowest BCUT2D eigenvalue weighted by atomic mass is 10.1. The average molecular weight is 285 g/mol. The van der Waals surface area contributed by atoms with Crippen molar-refractivity contribution in [2.45, 2.75) is 0 Å². The maximum absolute atomic E-state index is 11.5. The van der Waals surface area contributed by atoms with Crippen LogP contribution >= 0.6 is 23.4 Å². The highest BCUT2D eigenvalue weighted by Crippen LogP contribution is 2.34. The summed E-state index contributed by atoms with van der Waals surface area (Å²) in [5.74, 6) is -0.134. The number of amides is 1. The number of nitrogens with one attached hydrogen (secondary N) is 1. The predicted octanol–water partition coefficient (Wildman–Crippen LogP) is 2.27. The van der Waals surface area contributed by atoms with E-state index in [1.165, 1.54) is 0 Å². The van der Waals surface area contributed by atoms with Gasteiger partial charge in [0.1, 0.15) is 0 Å². The second kappa shape index (κ2) is 5.20. The zero-order valence-corrected chi connectivity index (χ0v) is 11.7. The molecular weight excluding hydrogens is 272 g/mol. The smallest absolute Gasteiger partial charge is 0.296 e. The van der Waals surface area contributed by atoms with Crippen molar-refractivity contribution in [3.05, 3.63) is 22.7 Å². The minimum absolute atomic E-state index is 0.354. The Morgan fingerprint density at radius 1 is 1.39 bits per heavy atom. The third kappa shape index (κ3) is 2.33. The number of anilines is 2. The summed E-state index contributed by atoms with van der Waals surface area (Å²) in [6.45, 7) is 0.849. The maximum Gasteiger partial charge on any atom is 0.296 e. The van der Waals surface area contributed by atoms with Crippen LogP contribution in [0.1, 0.15) is 10.4 Å². The van der Waals surface area contributed by atoms with Gasteiger partial charge in [-0.15, -0.1) is 0 Å². The topological polar surface area (TPSA) is 49.4 Å². The number of fused-ring (bicyclic) bond motifs is 1. The zero-order valence-electron chi connectivity index (χ0n) is 10.1. The molecule has 0 fully saturated rings. The van der Waals surface area contributed by atoms with Crippen molar-refractivity contribution in [1.82, 2.24) is 0 Å². The molecule has 1 heterocycles. The van der Waals surface area contributed by atoms with E-state index < -0.39 is 11.7 Å². The van der Waals surface area contributed by atoms with Gasteiger partial charge in [-0.25, -0.2) is 0 Å². The largest absolute Gasteiger partial charge is 0.373 e. The summed E-state index contributed by atoms with van der Waals surface area (Å²) in [6.07, 6.45) is 2.04. The van der Waals surface area contributed by atoms with E-state index in [0.29, 0.717) is 16.3 Å². The van der Waals surface area contributed by atoms with E-state index in [1.807, 2.05) is 18.2 Å². The molecule has 0 bridgehead atoms. The van der Waals surface area contributed by atoms with Crippen LogP contribution in [0.15, 0.2) is 12.1 Å². The van der Waals surface area contributed by atoms with Gasteiger partial charge in [-0.1, -0.05) is 11.6 Å². The number of rotatable bonds is 4.